The summed E-state index contributed by atoms with van der Waals surface area (Å²) >= 11 is 0. The molecule has 2 aromatic heterocycles. The maximum absolute atomic E-state index is 11.0. The molecule has 1 aliphatic heterocycles. The largest absolute Gasteiger partial charge is 0.487 e. The molecule has 2 aliphatic rings. The molecule has 8 nitrogen and oxygen atoms in total. The first-order valence-corrected chi connectivity index (χ1v) is 11.8. The molecular formula is C26H31N5O3. The zero-order chi connectivity index (χ0) is 23.8. The molecule has 0 spiro atoms. The highest BCUT2D eigenvalue weighted by molar-refractivity contribution is 5.78. The summed E-state index contributed by atoms with van der Waals surface area (Å²) in [5.41, 5.74) is 5.84. The lowest BCUT2D eigenvalue weighted by Crippen LogP contribution is -2.35. The molecule has 3 heterocycles. The number of aliphatic hydroxyl groups excluding tert-OH is 2. The number of aromatic nitrogens is 3. The van der Waals surface area contributed by atoms with E-state index in [9.17, 15) is 10.2 Å². The van der Waals surface area contributed by atoms with E-state index in [2.05, 4.69) is 26.3 Å². The number of nitrogens with one attached hydrogen (secondary N) is 1. The van der Waals surface area contributed by atoms with Gasteiger partial charge in [0.25, 0.3) is 0 Å². The van der Waals surface area contributed by atoms with Crippen LogP contribution in [0.3, 0.4) is 0 Å². The van der Waals surface area contributed by atoms with Gasteiger partial charge in [-0.25, -0.2) is 9.97 Å². The van der Waals surface area contributed by atoms with Gasteiger partial charge in [0, 0.05) is 41.9 Å². The maximum atomic E-state index is 11.0. The maximum Gasteiger partial charge on any atom is 0.143 e. The second-order valence-corrected chi connectivity index (χ2v) is 8.96. The van der Waals surface area contributed by atoms with Crippen molar-refractivity contribution < 1.29 is 14.9 Å². The molecule has 0 bridgehead atoms. The topological polar surface area (TPSA) is 105 Å². The van der Waals surface area contributed by atoms with Crippen LogP contribution in [0, 0.1) is 6.92 Å². The predicted octanol–water partition coefficient (Wildman–Crippen LogP) is 2.95. The molecule has 3 aromatic rings. The summed E-state index contributed by atoms with van der Waals surface area (Å²) in [5, 5.41) is 26.3. The summed E-state index contributed by atoms with van der Waals surface area (Å²) in [6, 6.07) is 5.79. The van der Waals surface area contributed by atoms with Gasteiger partial charge in [-0.2, -0.15) is 0 Å². The summed E-state index contributed by atoms with van der Waals surface area (Å²) in [6.45, 7) is 7.43. The standard InChI is InChI=1S/C26H31N5O3/c1-4-20(28-5-2)17-10-16-6-8-27-13-19(16)22(11-17)34-23-12-21(24(32)25(23)33)31-9-7-18-15(3)29-14-30-26(18)31/h4-5,7,9-11,14,21,23-25,27,32-33H,6,8,12-13H2,1-3H3/b20-4-,28-5-/t21?,23?,24-,25+/m0/s1. The Balaban J connectivity index is 1.48. The van der Waals surface area contributed by atoms with Crippen LogP contribution in [0.5, 0.6) is 5.75 Å². The molecule has 1 aromatic carbocycles. The van der Waals surface area contributed by atoms with Gasteiger partial charge >= 0.3 is 0 Å². The summed E-state index contributed by atoms with van der Waals surface area (Å²) in [4.78, 5) is 13.2. The number of fused-ring (bicyclic) bond motifs is 2. The fourth-order valence-electron chi connectivity index (χ4n) is 5.16. The fraction of sp³-hybridized carbons (Fsp3) is 0.423. The monoisotopic (exact) mass is 461 g/mol. The Hall–Kier alpha value is -3.07. The third kappa shape index (κ3) is 3.91. The summed E-state index contributed by atoms with van der Waals surface area (Å²) < 4.78 is 8.39. The number of aliphatic hydroxyl groups is 2. The Bertz CT molecular complexity index is 1260. The summed E-state index contributed by atoms with van der Waals surface area (Å²) in [7, 11) is 0. The minimum atomic E-state index is -1.02. The van der Waals surface area contributed by atoms with Gasteiger partial charge in [-0.05, 0) is 57.5 Å². The van der Waals surface area contributed by atoms with Crippen LogP contribution in [0.2, 0.25) is 0 Å². The molecule has 0 saturated heterocycles. The number of aliphatic imine (C=N–C) groups is 1. The lowest BCUT2D eigenvalue weighted by molar-refractivity contribution is -0.0166. The number of allylic oxidation sites excluding steroid dienone is 1. The first-order chi connectivity index (χ1) is 16.5. The van der Waals surface area contributed by atoms with E-state index in [4.69, 9.17) is 4.74 Å². The number of ether oxygens (including phenoxy) is 1. The molecule has 2 unspecified atom stereocenters. The number of aryl methyl sites for hydroxylation is 1. The van der Waals surface area contributed by atoms with Gasteiger partial charge in [0.2, 0.25) is 0 Å². The Morgan fingerprint density at radius 2 is 2.09 bits per heavy atom. The molecule has 4 atom stereocenters. The van der Waals surface area contributed by atoms with Gasteiger partial charge in [-0.15, -0.1) is 0 Å². The lowest BCUT2D eigenvalue weighted by Gasteiger charge is -2.25. The molecule has 8 heteroatoms. The molecule has 0 amide bonds. The van der Waals surface area contributed by atoms with Crippen molar-refractivity contribution in [1.82, 2.24) is 19.9 Å². The number of nitrogens with zero attached hydrogens (tertiary/aromatic N) is 4. The van der Waals surface area contributed by atoms with E-state index in [1.54, 1.807) is 6.21 Å². The highest BCUT2D eigenvalue weighted by Gasteiger charge is 2.44. The Labute approximate surface area is 199 Å². The Kier molecular flexibility index (Phi) is 6.20. The van der Waals surface area contributed by atoms with Crippen LogP contribution in [0.25, 0.3) is 16.7 Å². The highest BCUT2D eigenvalue weighted by atomic mass is 16.5. The third-order valence-corrected chi connectivity index (χ3v) is 6.95. The molecule has 34 heavy (non-hydrogen) atoms. The molecular weight excluding hydrogens is 430 g/mol. The highest BCUT2D eigenvalue weighted by Crippen LogP contribution is 2.38. The van der Waals surface area contributed by atoms with Crippen molar-refractivity contribution in [3.8, 4) is 5.75 Å². The third-order valence-electron chi connectivity index (χ3n) is 6.95. The van der Waals surface area contributed by atoms with Crippen LogP contribution in [0.15, 0.2) is 41.8 Å². The van der Waals surface area contributed by atoms with Crippen LogP contribution in [-0.2, 0) is 13.0 Å². The zero-order valence-corrected chi connectivity index (χ0v) is 19.8. The van der Waals surface area contributed by atoms with E-state index in [0.717, 1.165) is 52.3 Å². The quantitative estimate of drug-likeness (QED) is 0.505. The van der Waals surface area contributed by atoms with Crippen molar-refractivity contribution in [3.63, 3.8) is 0 Å². The lowest BCUT2D eigenvalue weighted by atomic mass is 9.96. The number of benzene rings is 1. The molecule has 5 rings (SSSR count). The van der Waals surface area contributed by atoms with Crippen LogP contribution < -0.4 is 10.1 Å². The molecule has 1 fully saturated rings. The van der Waals surface area contributed by atoms with E-state index >= 15 is 0 Å². The van der Waals surface area contributed by atoms with Crippen LogP contribution >= 0.6 is 0 Å². The summed E-state index contributed by atoms with van der Waals surface area (Å²) in [5.74, 6) is 0.734. The smallest absolute Gasteiger partial charge is 0.143 e. The van der Waals surface area contributed by atoms with Gasteiger partial charge in [0.1, 0.15) is 36.0 Å². The SMILES string of the molecule is C/C=N\C(=C/C)c1cc2c(c(OC3CC(n4ccc5c(C)ncnc54)[C@H](O)[C@@H]3O)c1)CNCC2. The van der Waals surface area contributed by atoms with Crippen LogP contribution in [0.1, 0.15) is 48.7 Å². The molecule has 1 aliphatic carbocycles. The second-order valence-electron chi connectivity index (χ2n) is 8.96. The summed E-state index contributed by atoms with van der Waals surface area (Å²) in [6.07, 6.45) is 6.03. The van der Waals surface area contributed by atoms with E-state index < -0.39 is 18.3 Å². The zero-order valence-electron chi connectivity index (χ0n) is 19.8. The minimum Gasteiger partial charge on any atom is -0.487 e. The van der Waals surface area contributed by atoms with Crippen molar-refractivity contribution >= 4 is 22.9 Å². The first-order valence-electron chi connectivity index (χ1n) is 11.8. The van der Waals surface area contributed by atoms with Crippen molar-refractivity contribution in [3.05, 3.63) is 59.2 Å². The van der Waals surface area contributed by atoms with Crippen molar-refractivity contribution in [2.75, 3.05) is 6.54 Å². The Morgan fingerprint density at radius 3 is 2.88 bits per heavy atom. The van der Waals surface area contributed by atoms with Crippen molar-refractivity contribution in [1.29, 1.82) is 0 Å². The van der Waals surface area contributed by atoms with E-state index in [0.29, 0.717) is 13.0 Å². The van der Waals surface area contributed by atoms with Gasteiger partial charge < -0.3 is 24.8 Å². The average Bonchev–Trinajstić information content (AvgIpc) is 3.40. The normalized spacial score (nSPS) is 25.3. The van der Waals surface area contributed by atoms with Crippen LogP contribution in [0.4, 0.5) is 0 Å². The number of rotatable bonds is 5. The van der Waals surface area contributed by atoms with Gasteiger partial charge in [0.15, 0.2) is 0 Å². The number of hydrogen-bond donors (Lipinski definition) is 3. The van der Waals surface area contributed by atoms with Gasteiger partial charge in [-0.3, -0.25) is 4.99 Å². The van der Waals surface area contributed by atoms with Crippen molar-refractivity contribution in [2.24, 2.45) is 4.99 Å². The van der Waals surface area contributed by atoms with Gasteiger partial charge in [0.05, 0.1) is 17.4 Å². The number of hydrogen-bond acceptors (Lipinski definition) is 7. The molecule has 3 N–H and O–H groups in total. The first kappa shape index (κ1) is 22.7. The van der Waals surface area contributed by atoms with Crippen LogP contribution in [-0.4, -0.2) is 55.8 Å². The Morgan fingerprint density at radius 1 is 1.24 bits per heavy atom. The van der Waals surface area contributed by atoms with E-state index in [-0.39, 0.29) is 6.04 Å². The fourth-order valence-corrected chi connectivity index (χ4v) is 5.16. The molecule has 0 radical (unpaired) electrons. The van der Waals surface area contributed by atoms with Gasteiger partial charge in [-0.1, -0.05) is 6.08 Å². The van der Waals surface area contributed by atoms with E-state index in [1.165, 1.54) is 11.9 Å². The minimum absolute atomic E-state index is 0.347. The van der Waals surface area contributed by atoms with Crippen molar-refractivity contribution in [2.45, 2.75) is 64.5 Å². The van der Waals surface area contributed by atoms with E-state index in [1.807, 2.05) is 49.7 Å². The molecule has 178 valence electrons. The average molecular weight is 462 g/mol. The predicted molar refractivity (Wildman–Crippen MR) is 132 cm³/mol. The molecule has 1 saturated carbocycles. The second kappa shape index (κ2) is 9.29.